The van der Waals surface area contributed by atoms with Crippen LogP contribution < -0.4 is 5.32 Å². The van der Waals surface area contributed by atoms with Gasteiger partial charge in [0.25, 0.3) is 0 Å². The van der Waals surface area contributed by atoms with E-state index in [0.29, 0.717) is 17.7 Å². The Balaban J connectivity index is 1.49. The summed E-state index contributed by atoms with van der Waals surface area (Å²) in [5, 5.41) is 3.90. The van der Waals surface area contributed by atoms with Gasteiger partial charge < -0.3 is 14.6 Å². The second-order valence-electron chi connectivity index (χ2n) is 8.58. The van der Waals surface area contributed by atoms with Gasteiger partial charge >= 0.3 is 0 Å². The third kappa shape index (κ3) is 3.91. The maximum atomic E-state index is 12.9. The zero-order chi connectivity index (χ0) is 22.9. The SMILES string of the molecule is CCc1cccc2c(C=C3C(=O)c4ccccc4C3=O)cn(CC(=O)NC[C@H]3CCCO3)c12. The molecule has 1 fully saturated rings. The van der Waals surface area contributed by atoms with Crippen molar-refractivity contribution < 1.29 is 19.1 Å². The number of nitrogens with one attached hydrogen (secondary N) is 1. The lowest BCUT2D eigenvalue weighted by molar-refractivity contribution is -0.122. The van der Waals surface area contributed by atoms with Crippen molar-refractivity contribution in [2.75, 3.05) is 13.2 Å². The highest BCUT2D eigenvalue weighted by Gasteiger charge is 2.32. The minimum Gasteiger partial charge on any atom is -0.376 e. The maximum Gasteiger partial charge on any atom is 0.240 e. The highest BCUT2D eigenvalue weighted by atomic mass is 16.5. The summed E-state index contributed by atoms with van der Waals surface area (Å²) >= 11 is 0. The van der Waals surface area contributed by atoms with E-state index in [1.165, 1.54) is 0 Å². The zero-order valence-corrected chi connectivity index (χ0v) is 18.6. The Hall–Kier alpha value is -3.51. The Morgan fingerprint density at radius 3 is 2.55 bits per heavy atom. The summed E-state index contributed by atoms with van der Waals surface area (Å²) in [5.41, 5.74) is 3.88. The average molecular weight is 443 g/mol. The van der Waals surface area contributed by atoms with E-state index < -0.39 is 0 Å². The van der Waals surface area contributed by atoms with Crippen molar-refractivity contribution >= 4 is 34.5 Å². The summed E-state index contributed by atoms with van der Waals surface area (Å²) in [4.78, 5) is 38.5. The number of fused-ring (bicyclic) bond motifs is 2. The largest absolute Gasteiger partial charge is 0.376 e. The highest BCUT2D eigenvalue weighted by Crippen LogP contribution is 2.31. The zero-order valence-electron chi connectivity index (χ0n) is 18.6. The number of hydrogen-bond donors (Lipinski definition) is 1. The van der Waals surface area contributed by atoms with Gasteiger partial charge in [-0.3, -0.25) is 14.4 Å². The Labute approximate surface area is 192 Å². The van der Waals surface area contributed by atoms with Crippen molar-refractivity contribution in [1.29, 1.82) is 0 Å². The lowest BCUT2D eigenvalue weighted by Crippen LogP contribution is -2.34. The molecule has 2 aromatic carbocycles. The third-order valence-corrected chi connectivity index (χ3v) is 6.46. The maximum absolute atomic E-state index is 12.9. The Bertz CT molecular complexity index is 1260. The molecule has 0 spiro atoms. The first-order valence-corrected chi connectivity index (χ1v) is 11.5. The summed E-state index contributed by atoms with van der Waals surface area (Å²) in [6.07, 6.45) is 6.43. The van der Waals surface area contributed by atoms with Crippen LogP contribution in [0, 0.1) is 0 Å². The van der Waals surface area contributed by atoms with Crippen LogP contribution in [0.4, 0.5) is 0 Å². The first-order chi connectivity index (χ1) is 16.1. The van der Waals surface area contributed by atoms with Crippen molar-refractivity contribution in [1.82, 2.24) is 9.88 Å². The number of nitrogens with zero attached hydrogens (tertiary/aromatic N) is 1. The number of aryl methyl sites for hydroxylation is 1. The molecule has 1 aliphatic carbocycles. The predicted octanol–water partition coefficient (Wildman–Crippen LogP) is 3.96. The van der Waals surface area contributed by atoms with Crippen LogP contribution in [0.1, 0.15) is 51.6 Å². The second kappa shape index (κ2) is 8.79. The molecule has 1 amide bonds. The molecule has 6 nitrogen and oxygen atoms in total. The molecule has 168 valence electrons. The summed E-state index contributed by atoms with van der Waals surface area (Å²) in [5.74, 6) is -0.595. The fourth-order valence-corrected chi connectivity index (χ4v) is 4.79. The van der Waals surface area contributed by atoms with Gasteiger partial charge in [-0.15, -0.1) is 0 Å². The number of benzene rings is 2. The van der Waals surface area contributed by atoms with E-state index in [2.05, 4.69) is 12.2 Å². The molecule has 1 N–H and O–H groups in total. The van der Waals surface area contributed by atoms with Gasteiger partial charge in [-0.05, 0) is 30.9 Å². The number of Topliss-reactive ketones (excluding diaryl/α,β-unsaturated/α-hetero) is 2. The number of allylic oxidation sites excluding steroid dienone is 1. The molecule has 33 heavy (non-hydrogen) atoms. The van der Waals surface area contributed by atoms with E-state index >= 15 is 0 Å². The van der Waals surface area contributed by atoms with Gasteiger partial charge in [-0.25, -0.2) is 0 Å². The summed E-state index contributed by atoms with van der Waals surface area (Å²) in [6, 6.07) is 12.9. The van der Waals surface area contributed by atoms with Crippen molar-refractivity contribution in [3.63, 3.8) is 0 Å². The smallest absolute Gasteiger partial charge is 0.240 e. The van der Waals surface area contributed by atoms with Gasteiger partial charge in [0.05, 0.1) is 17.2 Å². The Kier molecular flexibility index (Phi) is 5.68. The summed E-state index contributed by atoms with van der Waals surface area (Å²) in [6.45, 7) is 3.49. The fourth-order valence-electron chi connectivity index (χ4n) is 4.79. The first kappa shape index (κ1) is 21.3. The van der Waals surface area contributed by atoms with Crippen LogP contribution in [0.25, 0.3) is 17.0 Å². The van der Waals surface area contributed by atoms with Crippen LogP contribution >= 0.6 is 0 Å². The van der Waals surface area contributed by atoms with E-state index in [0.717, 1.165) is 47.9 Å². The van der Waals surface area contributed by atoms with Gasteiger partial charge in [-0.2, -0.15) is 0 Å². The topological polar surface area (TPSA) is 77.4 Å². The van der Waals surface area contributed by atoms with Crippen LogP contribution in [0.2, 0.25) is 0 Å². The number of rotatable bonds is 6. The Morgan fingerprint density at radius 2 is 1.88 bits per heavy atom. The molecule has 0 bridgehead atoms. The van der Waals surface area contributed by atoms with Crippen molar-refractivity contribution in [3.05, 3.63) is 76.5 Å². The van der Waals surface area contributed by atoms with Crippen LogP contribution in [-0.2, 0) is 22.5 Å². The second-order valence-corrected chi connectivity index (χ2v) is 8.58. The molecule has 1 aliphatic heterocycles. The number of ketones is 2. The number of amides is 1. The van der Waals surface area contributed by atoms with Gasteiger partial charge in [0, 0.05) is 41.4 Å². The number of para-hydroxylation sites is 1. The molecular formula is C27H26N2O4. The van der Waals surface area contributed by atoms with Crippen LogP contribution in [0.15, 0.2) is 54.2 Å². The van der Waals surface area contributed by atoms with Crippen LogP contribution in [0.5, 0.6) is 0 Å². The number of hydrogen-bond acceptors (Lipinski definition) is 4. The average Bonchev–Trinajstić information content (AvgIpc) is 3.53. The third-order valence-electron chi connectivity index (χ3n) is 6.46. The minimum atomic E-state index is -0.252. The molecule has 1 aromatic heterocycles. The molecule has 2 aliphatic rings. The van der Waals surface area contributed by atoms with E-state index in [1.807, 2.05) is 29.0 Å². The lowest BCUT2D eigenvalue weighted by atomic mass is 10.0. The first-order valence-electron chi connectivity index (χ1n) is 11.5. The highest BCUT2D eigenvalue weighted by molar-refractivity contribution is 6.41. The number of carbonyl (C=O) groups is 3. The molecule has 1 atom stereocenters. The molecule has 3 aromatic rings. The van der Waals surface area contributed by atoms with Crippen LogP contribution in [0.3, 0.4) is 0 Å². The molecule has 0 radical (unpaired) electrons. The monoisotopic (exact) mass is 442 g/mol. The van der Waals surface area contributed by atoms with E-state index in [9.17, 15) is 14.4 Å². The van der Waals surface area contributed by atoms with Gasteiger partial charge in [0.2, 0.25) is 5.91 Å². The summed E-state index contributed by atoms with van der Waals surface area (Å²) in [7, 11) is 0. The lowest BCUT2D eigenvalue weighted by Gasteiger charge is -2.12. The van der Waals surface area contributed by atoms with Crippen molar-refractivity contribution in [2.24, 2.45) is 0 Å². The quantitative estimate of drug-likeness (QED) is 0.463. The molecule has 2 heterocycles. The minimum absolute atomic E-state index is 0.0860. The number of carbonyl (C=O) groups excluding carboxylic acids is 3. The molecule has 5 rings (SSSR count). The van der Waals surface area contributed by atoms with Gasteiger partial charge in [0.15, 0.2) is 11.6 Å². The van der Waals surface area contributed by atoms with Crippen molar-refractivity contribution in [2.45, 2.75) is 38.8 Å². The Morgan fingerprint density at radius 1 is 1.12 bits per heavy atom. The number of aromatic nitrogens is 1. The molecule has 0 unspecified atom stereocenters. The number of ether oxygens (including phenoxy) is 1. The van der Waals surface area contributed by atoms with E-state index in [4.69, 9.17) is 4.74 Å². The predicted molar refractivity (Wildman–Crippen MR) is 126 cm³/mol. The summed E-state index contributed by atoms with van der Waals surface area (Å²) < 4.78 is 7.51. The fraction of sp³-hybridized carbons (Fsp3) is 0.296. The molecule has 6 heteroatoms. The van der Waals surface area contributed by atoms with Gasteiger partial charge in [-0.1, -0.05) is 49.4 Å². The van der Waals surface area contributed by atoms with E-state index in [-0.39, 0.29) is 35.7 Å². The molecule has 1 saturated heterocycles. The van der Waals surface area contributed by atoms with Gasteiger partial charge in [0.1, 0.15) is 6.54 Å². The molecule has 0 saturated carbocycles. The van der Waals surface area contributed by atoms with Crippen LogP contribution in [-0.4, -0.2) is 41.3 Å². The molecular weight excluding hydrogens is 416 g/mol. The van der Waals surface area contributed by atoms with E-state index in [1.54, 1.807) is 30.3 Å². The van der Waals surface area contributed by atoms with Crippen molar-refractivity contribution in [3.8, 4) is 0 Å². The standard InChI is InChI=1S/C27H26N2O4/c1-2-17-7-5-11-20-18(13-23-26(31)21-9-3-4-10-22(21)27(23)32)15-29(25(17)20)16-24(30)28-14-19-8-6-12-33-19/h3-5,7,9-11,13,15,19H,2,6,8,12,14,16H2,1H3,(H,28,30)/t19-/m1/s1. The normalized spacial score (nSPS) is 17.6.